The average Bonchev–Trinajstić information content (AvgIpc) is 3.41. The molecule has 5 heterocycles. The molecule has 1 aromatic carbocycles. The number of ether oxygens (including phenoxy) is 1. The first-order valence-corrected chi connectivity index (χ1v) is 12.1. The second-order valence-electron chi connectivity index (χ2n) is 10.2. The molecule has 0 unspecified atom stereocenters. The van der Waals surface area contributed by atoms with Crippen molar-refractivity contribution in [2.24, 2.45) is 5.41 Å². The molecule has 2 saturated heterocycles. The third-order valence-corrected chi connectivity index (χ3v) is 7.03. The van der Waals surface area contributed by atoms with Gasteiger partial charge in [-0.15, -0.1) is 0 Å². The molecule has 6 rings (SSSR count). The maximum Gasteiger partial charge on any atom is 0.222 e. The van der Waals surface area contributed by atoms with Crippen LogP contribution in [-0.4, -0.2) is 75.0 Å². The summed E-state index contributed by atoms with van der Waals surface area (Å²) in [6.45, 7) is 8.54. The van der Waals surface area contributed by atoms with E-state index in [9.17, 15) is 0 Å². The quantitative estimate of drug-likeness (QED) is 0.380. The molecule has 0 atom stereocenters. The van der Waals surface area contributed by atoms with E-state index in [2.05, 4.69) is 60.6 Å². The predicted molar refractivity (Wildman–Crippen MR) is 136 cm³/mol. The molecule has 3 N–H and O–H groups in total. The number of aryl methyl sites for hydroxylation is 1. The topological polar surface area (TPSA) is 123 Å². The molecule has 1 spiro atoms. The summed E-state index contributed by atoms with van der Waals surface area (Å²) >= 11 is 0. The molecule has 0 saturated carbocycles. The number of nitrogens with one attached hydrogen (secondary N) is 1. The van der Waals surface area contributed by atoms with Crippen LogP contribution in [0.15, 0.2) is 35.0 Å². The van der Waals surface area contributed by atoms with E-state index >= 15 is 0 Å². The van der Waals surface area contributed by atoms with Crippen LogP contribution in [0.5, 0.6) is 5.75 Å². The minimum Gasteiger partial charge on any atom is -0.496 e. The number of hydrogen-bond donors (Lipinski definition) is 2. The van der Waals surface area contributed by atoms with Gasteiger partial charge in [-0.05, 0) is 25.6 Å². The fourth-order valence-corrected chi connectivity index (χ4v) is 5.69. The van der Waals surface area contributed by atoms with Gasteiger partial charge in [0.05, 0.1) is 26.4 Å². The summed E-state index contributed by atoms with van der Waals surface area (Å²) in [4.78, 5) is 13.7. The molecule has 0 amide bonds. The zero-order valence-corrected chi connectivity index (χ0v) is 20.9. The molecule has 188 valence electrons. The van der Waals surface area contributed by atoms with Crippen LogP contribution in [0.4, 0.5) is 11.8 Å². The van der Waals surface area contributed by atoms with E-state index in [1.54, 1.807) is 13.3 Å². The number of anilines is 2. The Labute approximate surface area is 209 Å². The first-order chi connectivity index (χ1) is 17.4. The Balaban J connectivity index is 1.20. The van der Waals surface area contributed by atoms with Crippen molar-refractivity contribution in [2.45, 2.75) is 26.6 Å². The smallest absolute Gasteiger partial charge is 0.222 e. The van der Waals surface area contributed by atoms with Gasteiger partial charge in [0.25, 0.3) is 0 Å². The second kappa shape index (κ2) is 8.75. The van der Waals surface area contributed by atoms with Crippen molar-refractivity contribution in [1.29, 1.82) is 0 Å². The molecular weight excluding hydrogens is 458 g/mol. The maximum atomic E-state index is 5.95. The van der Waals surface area contributed by atoms with Crippen LogP contribution in [0.1, 0.15) is 22.6 Å². The van der Waals surface area contributed by atoms with Crippen LogP contribution in [0, 0.1) is 12.3 Å². The Morgan fingerprint density at radius 1 is 1.14 bits per heavy atom. The second-order valence-corrected chi connectivity index (χ2v) is 10.2. The van der Waals surface area contributed by atoms with Crippen molar-refractivity contribution >= 4 is 22.8 Å². The summed E-state index contributed by atoms with van der Waals surface area (Å²) in [6.07, 6.45) is 1.71. The van der Waals surface area contributed by atoms with Crippen molar-refractivity contribution in [2.75, 3.05) is 51.4 Å². The van der Waals surface area contributed by atoms with Gasteiger partial charge >= 0.3 is 0 Å². The largest absolute Gasteiger partial charge is 0.496 e. The summed E-state index contributed by atoms with van der Waals surface area (Å²) in [6, 6.07) is 8.32. The molecule has 2 aliphatic heterocycles. The zero-order chi connectivity index (χ0) is 24.9. The van der Waals surface area contributed by atoms with E-state index in [1.807, 2.05) is 17.7 Å². The summed E-state index contributed by atoms with van der Waals surface area (Å²) in [5.41, 5.74) is 11.0. The van der Waals surface area contributed by atoms with E-state index in [-0.39, 0.29) is 5.95 Å². The Hall–Kier alpha value is -3.70. The summed E-state index contributed by atoms with van der Waals surface area (Å²) in [5.74, 6) is 2.38. The third kappa shape index (κ3) is 4.24. The van der Waals surface area contributed by atoms with Crippen molar-refractivity contribution < 1.29 is 9.26 Å². The first-order valence-electron chi connectivity index (χ1n) is 12.1. The minimum atomic E-state index is 0.184. The summed E-state index contributed by atoms with van der Waals surface area (Å²) in [7, 11) is 3.90. The molecule has 3 aromatic heterocycles. The van der Waals surface area contributed by atoms with Crippen molar-refractivity contribution in [3.05, 3.63) is 53.0 Å². The van der Waals surface area contributed by atoms with Crippen molar-refractivity contribution in [3.63, 3.8) is 0 Å². The molecule has 0 aliphatic carbocycles. The third-order valence-electron chi connectivity index (χ3n) is 7.03. The van der Waals surface area contributed by atoms with Gasteiger partial charge < -0.3 is 25.2 Å². The summed E-state index contributed by atoms with van der Waals surface area (Å²) in [5, 5.41) is 11.9. The first kappa shape index (κ1) is 22.7. The van der Waals surface area contributed by atoms with Gasteiger partial charge in [0.2, 0.25) is 5.95 Å². The Kier molecular flexibility index (Phi) is 5.53. The number of nitrogen functional groups attached to an aromatic ring is 1. The Morgan fingerprint density at radius 3 is 2.69 bits per heavy atom. The predicted octanol–water partition coefficient (Wildman–Crippen LogP) is 2.12. The normalized spacial score (nSPS) is 17.3. The van der Waals surface area contributed by atoms with Gasteiger partial charge in [0, 0.05) is 49.8 Å². The number of hydrogen-bond acceptors (Lipinski definition) is 10. The number of nitrogens with zero attached hydrogens (tertiary/aromatic N) is 7. The molecular formula is C25H31N9O2. The Morgan fingerprint density at radius 2 is 1.97 bits per heavy atom. The van der Waals surface area contributed by atoms with Gasteiger partial charge in [0.15, 0.2) is 5.82 Å². The van der Waals surface area contributed by atoms with Crippen LogP contribution in [-0.2, 0) is 19.6 Å². The van der Waals surface area contributed by atoms with Crippen LogP contribution < -0.4 is 15.8 Å². The van der Waals surface area contributed by atoms with E-state index in [0.29, 0.717) is 29.8 Å². The SMILES string of the molecule is COc1cc(CN2CC3(CN(C)C3)C2)ccc1Cn1ncc2nc(N)nc(NCc3cc(C)on3)c21. The lowest BCUT2D eigenvalue weighted by molar-refractivity contribution is -0.107. The van der Waals surface area contributed by atoms with Crippen molar-refractivity contribution in [1.82, 2.24) is 34.7 Å². The van der Waals surface area contributed by atoms with Gasteiger partial charge in [-0.1, -0.05) is 17.3 Å². The van der Waals surface area contributed by atoms with E-state index < -0.39 is 0 Å². The number of likely N-dealkylation sites (tertiary alicyclic amines) is 2. The number of methoxy groups -OCH3 is 1. The van der Waals surface area contributed by atoms with E-state index in [0.717, 1.165) is 34.8 Å². The number of fused-ring (bicyclic) bond motifs is 1. The maximum absolute atomic E-state index is 5.95. The molecule has 11 heteroatoms. The van der Waals surface area contributed by atoms with Crippen LogP contribution in [0.25, 0.3) is 11.0 Å². The molecule has 4 aromatic rings. The summed E-state index contributed by atoms with van der Waals surface area (Å²) < 4.78 is 12.8. The zero-order valence-electron chi connectivity index (χ0n) is 20.9. The van der Waals surface area contributed by atoms with Crippen LogP contribution in [0.2, 0.25) is 0 Å². The molecule has 0 bridgehead atoms. The van der Waals surface area contributed by atoms with E-state index in [4.69, 9.17) is 15.0 Å². The lowest BCUT2D eigenvalue weighted by atomic mass is 9.73. The molecule has 0 radical (unpaired) electrons. The highest BCUT2D eigenvalue weighted by Gasteiger charge is 2.49. The molecule has 11 nitrogen and oxygen atoms in total. The standard InChI is InChI=1S/C25H31N9O2/c1-16-6-19(31-36-16)8-27-23-22-20(29-24(26)30-23)9-28-34(22)11-18-5-4-17(7-21(18)35-3)10-33-14-25(15-33)12-32(2)13-25/h4-7,9H,8,10-15H2,1-3H3,(H3,26,27,29,30). The highest BCUT2D eigenvalue weighted by molar-refractivity contribution is 5.86. The number of rotatable bonds is 8. The van der Waals surface area contributed by atoms with Gasteiger partial charge in [-0.25, -0.2) is 4.98 Å². The Bertz CT molecular complexity index is 1400. The average molecular weight is 490 g/mol. The van der Waals surface area contributed by atoms with Crippen LogP contribution >= 0.6 is 0 Å². The van der Waals surface area contributed by atoms with Gasteiger partial charge in [-0.2, -0.15) is 10.1 Å². The molecule has 2 aliphatic rings. The lowest BCUT2D eigenvalue weighted by Crippen LogP contribution is -2.70. The number of benzene rings is 1. The number of nitrogens with two attached hydrogens (primary N) is 1. The fourth-order valence-electron chi connectivity index (χ4n) is 5.69. The van der Waals surface area contributed by atoms with Crippen LogP contribution in [0.3, 0.4) is 0 Å². The lowest BCUT2D eigenvalue weighted by Gasteiger charge is -2.59. The molecule has 36 heavy (non-hydrogen) atoms. The highest BCUT2D eigenvalue weighted by Crippen LogP contribution is 2.39. The molecule has 2 fully saturated rings. The van der Waals surface area contributed by atoms with Crippen molar-refractivity contribution in [3.8, 4) is 5.75 Å². The number of aromatic nitrogens is 5. The van der Waals surface area contributed by atoms with Gasteiger partial charge in [0.1, 0.15) is 28.2 Å². The van der Waals surface area contributed by atoms with Gasteiger partial charge in [-0.3, -0.25) is 9.58 Å². The highest BCUT2D eigenvalue weighted by atomic mass is 16.5. The monoisotopic (exact) mass is 489 g/mol. The fraction of sp³-hybridized carbons (Fsp3) is 0.440. The minimum absolute atomic E-state index is 0.184. The van der Waals surface area contributed by atoms with E-state index in [1.165, 1.54) is 31.7 Å².